The highest BCUT2D eigenvalue weighted by Gasteiger charge is 2.37. The van der Waals surface area contributed by atoms with Crippen molar-refractivity contribution in [3.63, 3.8) is 0 Å². The van der Waals surface area contributed by atoms with Crippen LogP contribution < -0.4 is 9.64 Å². The lowest BCUT2D eigenvalue weighted by Gasteiger charge is -2.34. The van der Waals surface area contributed by atoms with E-state index < -0.39 is 24.4 Å². The number of anilines is 1. The minimum atomic E-state index is -4.36. The number of aromatic nitrogens is 1. The van der Waals surface area contributed by atoms with Gasteiger partial charge in [0.1, 0.15) is 11.8 Å². The summed E-state index contributed by atoms with van der Waals surface area (Å²) in [6.45, 7) is 3.25. The summed E-state index contributed by atoms with van der Waals surface area (Å²) < 4.78 is 42.7. The van der Waals surface area contributed by atoms with Crippen LogP contribution >= 0.6 is 0 Å². The first-order valence-corrected chi connectivity index (χ1v) is 6.27. The number of rotatable bonds is 2. The van der Waals surface area contributed by atoms with Gasteiger partial charge < -0.3 is 9.64 Å². The Morgan fingerprint density at radius 1 is 1.60 bits per heavy atom. The van der Waals surface area contributed by atoms with Gasteiger partial charge in [-0.25, -0.2) is 4.98 Å². The number of hydrogen-bond donors (Lipinski definition) is 0. The van der Waals surface area contributed by atoms with E-state index in [0.717, 1.165) is 0 Å². The minimum absolute atomic E-state index is 0.222. The smallest absolute Gasteiger partial charge is 0.389 e. The molecule has 20 heavy (non-hydrogen) atoms. The van der Waals surface area contributed by atoms with Crippen molar-refractivity contribution in [2.24, 2.45) is 5.92 Å². The van der Waals surface area contributed by atoms with Crippen molar-refractivity contribution in [1.29, 1.82) is 0 Å². The highest BCUT2D eigenvalue weighted by Crippen LogP contribution is 2.33. The van der Waals surface area contributed by atoms with E-state index in [1.165, 1.54) is 18.0 Å². The highest BCUT2D eigenvalue weighted by molar-refractivity contribution is 5.96. The van der Waals surface area contributed by atoms with Gasteiger partial charge in [-0.15, -0.1) is 0 Å². The van der Waals surface area contributed by atoms with E-state index >= 15 is 0 Å². The van der Waals surface area contributed by atoms with Crippen molar-refractivity contribution < 1.29 is 22.7 Å². The van der Waals surface area contributed by atoms with Gasteiger partial charge in [-0.3, -0.25) is 4.79 Å². The van der Waals surface area contributed by atoms with Gasteiger partial charge in [0, 0.05) is 12.1 Å². The molecule has 0 saturated carbocycles. The fourth-order valence-corrected chi connectivity index (χ4v) is 2.17. The lowest BCUT2D eigenvalue weighted by molar-refractivity contribution is -0.151. The predicted molar refractivity (Wildman–Crippen MR) is 66.5 cm³/mol. The summed E-state index contributed by atoms with van der Waals surface area (Å²) >= 11 is 0. The van der Waals surface area contributed by atoms with E-state index in [1.807, 2.05) is 0 Å². The van der Waals surface area contributed by atoms with Crippen LogP contribution in [0.2, 0.25) is 0 Å². The number of amides is 1. The molecule has 0 radical (unpaired) electrons. The third-order valence-corrected chi connectivity index (χ3v) is 3.02. The van der Waals surface area contributed by atoms with Crippen molar-refractivity contribution in [3.8, 4) is 5.88 Å². The molecule has 0 saturated heterocycles. The molecule has 4 nitrogen and oxygen atoms in total. The van der Waals surface area contributed by atoms with Gasteiger partial charge >= 0.3 is 6.18 Å². The van der Waals surface area contributed by atoms with Gasteiger partial charge in [0.05, 0.1) is 13.0 Å². The van der Waals surface area contributed by atoms with E-state index in [4.69, 9.17) is 4.74 Å². The van der Waals surface area contributed by atoms with Gasteiger partial charge in [-0.05, 0) is 19.1 Å². The van der Waals surface area contributed by atoms with Crippen LogP contribution in [-0.2, 0) is 4.79 Å². The topological polar surface area (TPSA) is 42.4 Å². The molecule has 1 amide bonds. The van der Waals surface area contributed by atoms with Gasteiger partial charge in [-0.2, -0.15) is 13.2 Å². The van der Waals surface area contributed by atoms with E-state index in [-0.39, 0.29) is 18.5 Å². The van der Waals surface area contributed by atoms with Crippen LogP contribution in [-0.4, -0.2) is 29.7 Å². The zero-order valence-corrected chi connectivity index (χ0v) is 11.1. The zero-order chi connectivity index (χ0) is 14.9. The number of hydrogen-bond acceptors (Lipinski definition) is 3. The Bertz CT molecular complexity index is 505. The molecule has 0 aromatic carbocycles. The largest absolute Gasteiger partial charge is 0.471 e. The molecule has 0 fully saturated rings. The fraction of sp³-hybridized carbons (Fsp3) is 0.538. The van der Waals surface area contributed by atoms with E-state index in [2.05, 4.69) is 4.98 Å². The molecule has 2 atom stereocenters. The molecule has 2 unspecified atom stereocenters. The molecule has 0 aliphatic carbocycles. The van der Waals surface area contributed by atoms with Gasteiger partial charge in [0.25, 0.3) is 0 Å². The summed E-state index contributed by atoms with van der Waals surface area (Å²) in [7, 11) is 0. The molecule has 0 bridgehead atoms. The van der Waals surface area contributed by atoms with Crippen molar-refractivity contribution in [2.75, 3.05) is 11.4 Å². The second kappa shape index (κ2) is 5.30. The summed E-state index contributed by atoms with van der Waals surface area (Å²) in [4.78, 5) is 17.6. The Balaban J connectivity index is 2.22. The molecular formula is C13H15F3N2O2. The molecule has 2 heterocycles. The number of pyridine rings is 1. The van der Waals surface area contributed by atoms with E-state index in [1.54, 1.807) is 19.1 Å². The maximum Gasteiger partial charge on any atom is 0.389 e. The Kier molecular flexibility index (Phi) is 3.87. The second-order valence-corrected chi connectivity index (χ2v) is 4.93. The monoisotopic (exact) mass is 288 g/mol. The Morgan fingerprint density at radius 3 is 2.95 bits per heavy atom. The molecule has 110 valence electrons. The lowest BCUT2D eigenvalue weighted by atomic mass is 10.0. The standard InChI is InChI=1S/C13H15F3N2O2/c1-8(6-13(14,15)16)12(19)18-7-9(2)20-11-10(18)4-3-5-17-11/h3-5,8-9H,6-7H2,1-2H3. The van der Waals surface area contributed by atoms with Gasteiger partial charge in [-0.1, -0.05) is 6.92 Å². The molecule has 1 aromatic rings. The van der Waals surface area contributed by atoms with E-state index in [9.17, 15) is 18.0 Å². The van der Waals surface area contributed by atoms with Crippen molar-refractivity contribution >= 4 is 11.6 Å². The number of ether oxygens (including phenoxy) is 1. The van der Waals surface area contributed by atoms with Crippen LogP contribution in [0.25, 0.3) is 0 Å². The number of halogens is 3. The predicted octanol–water partition coefficient (Wildman–Crippen LogP) is 2.78. The highest BCUT2D eigenvalue weighted by atomic mass is 19.4. The van der Waals surface area contributed by atoms with Crippen molar-refractivity contribution in [3.05, 3.63) is 18.3 Å². The fourth-order valence-electron chi connectivity index (χ4n) is 2.17. The lowest BCUT2D eigenvalue weighted by Crippen LogP contribution is -2.45. The van der Waals surface area contributed by atoms with Gasteiger partial charge in [0.15, 0.2) is 0 Å². The molecule has 1 aromatic heterocycles. The normalized spacial score (nSPS) is 20.1. The molecular weight excluding hydrogens is 273 g/mol. The average molecular weight is 288 g/mol. The quantitative estimate of drug-likeness (QED) is 0.840. The summed E-state index contributed by atoms with van der Waals surface area (Å²) in [5.74, 6) is -1.42. The summed E-state index contributed by atoms with van der Waals surface area (Å²) in [6, 6.07) is 3.24. The number of alkyl halides is 3. The Labute approximate surface area is 114 Å². The van der Waals surface area contributed by atoms with Gasteiger partial charge in [0.2, 0.25) is 11.8 Å². The molecule has 2 rings (SSSR count). The number of nitrogens with zero attached hydrogens (tertiary/aromatic N) is 2. The third kappa shape index (κ3) is 3.20. The molecule has 0 spiro atoms. The molecule has 1 aliphatic heterocycles. The van der Waals surface area contributed by atoms with Crippen LogP contribution in [0.4, 0.5) is 18.9 Å². The maximum atomic E-state index is 12.4. The zero-order valence-electron chi connectivity index (χ0n) is 11.1. The molecule has 1 aliphatic rings. The third-order valence-electron chi connectivity index (χ3n) is 3.02. The minimum Gasteiger partial charge on any atom is -0.471 e. The summed E-state index contributed by atoms with van der Waals surface area (Å²) in [5, 5.41) is 0. The van der Waals surface area contributed by atoms with Crippen molar-refractivity contribution in [2.45, 2.75) is 32.5 Å². The first-order chi connectivity index (χ1) is 9.28. The number of carbonyl (C=O) groups excluding carboxylic acids is 1. The van der Waals surface area contributed by atoms with Crippen LogP contribution in [0, 0.1) is 5.92 Å². The van der Waals surface area contributed by atoms with Crippen molar-refractivity contribution in [1.82, 2.24) is 4.98 Å². The Morgan fingerprint density at radius 2 is 2.30 bits per heavy atom. The van der Waals surface area contributed by atoms with Crippen LogP contribution in [0.15, 0.2) is 18.3 Å². The average Bonchev–Trinajstić information content (AvgIpc) is 2.34. The maximum absolute atomic E-state index is 12.4. The first kappa shape index (κ1) is 14.6. The first-order valence-electron chi connectivity index (χ1n) is 6.27. The Hall–Kier alpha value is -1.79. The number of fused-ring (bicyclic) bond motifs is 1. The summed E-state index contributed by atoms with van der Waals surface area (Å²) in [5.41, 5.74) is 0.421. The molecule has 0 N–H and O–H groups in total. The second-order valence-electron chi connectivity index (χ2n) is 4.93. The molecule has 7 heteroatoms. The summed E-state index contributed by atoms with van der Waals surface area (Å²) in [6.07, 6.45) is -4.28. The number of carbonyl (C=O) groups is 1. The van der Waals surface area contributed by atoms with Crippen LogP contribution in [0.3, 0.4) is 0 Å². The SMILES string of the molecule is CC1CN(C(=O)C(C)CC(F)(F)F)c2cccnc2O1. The van der Waals surface area contributed by atoms with Crippen LogP contribution in [0.1, 0.15) is 20.3 Å². The van der Waals surface area contributed by atoms with E-state index in [0.29, 0.717) is 5.69 Å². The van der Waals surface area contributed by atoms with Crippen LogP contribution in [0.5, 0.6) is 5.88 Å².